The van der Waals surface area contributed by atoms with Gasteiger partial charge in [-0.25, -0.2) is 0 Å². The van der Waals surface area contributed by atoms with E-state index >= 15 is 0 Å². The Morgan fingerprint density at radius 3 is 2.87 bits per heavy atom. The van der Waals surface area contributed by atoms with E-state index < -0.39 is 0 Å². The van der Waals surface area contributed by atoms with Crippen molar-refractivity contribution in [2.75, 3.05) is 0 Å². The molecule has 1 N–H and O–H groups in total. The maximum absolute atomic E-state index is 4.17. The van der Waals surface area contributed by atoms with Gasteiger partial charge in [0.25, 0.3) is 0 Å². The van der Waals surface area contributed by atoms with Crippen LogP contribution in [0.2, 0.25) is 0 Å². The van der Waals surface area contributed by atoms with Crippen LogP contribution in [0.1, 0.15) is 38.2 Å². The molecule has 1 aliphatic carbocycles. The molecule has 3 nitrogen and oxygen atoms in total. The van der Waals surface area contributed by atoms with Crippen molar-refractivity contribution in [3.05, 3.63) is 18.0 Å². The molecule has 1 aromatic rings. The van der Waals surface area contributed by atoms with Crippen LogP contribution in [0.25, 0.3) is 0 Å². The van der Waals surface area contributed by atoms with Crippen LogP contribution in [0.15, 0.2) is 12.4 Å². The van der Waals surface area contributed by atoms with E-state index in [1.165, 1.54) is 31.2 Å². The van der Waals surface area contributed by atoms with Crippen molar-refractivity contribution in [3.63, 3.8) is 0 Å². The number of nitrogens with one attached hydrogen (secondary N) is 1. The van der Waals surface area contributed by atoms with E-state index in [4.69, 9.17) is 0 Å². The van der Waals surface area contributed by atoms with Gasteiger partial charge in [0, 0.05) is 31.4 Å². The summed E-state index contributed by atoms with van der Waals surface area (Å²) in [6.07, 6.45) is 9.66. The molecule has 0 aromatic carbocycles. The van der Waals surface area contributed by atoms with E-state index in [2.05, 4.69) is 23.5 Å². The molecule has 0 bridgehead atoms. The standard InChI is InChI=1S/C12H21N3/c1-10(12-5-3-4-6-12)13-7-11-8-14-15(2)9-11/h8-10,12-13H,3-7H2,1-2H3/t10-/m1/s1. The zero-order chi connectivity index (χ0) is 10.7. The van der Waals surface area contributed by atoms with Crippen molar-refractivity contribution in [2.45, 2.75) is 45.2 Å². The minimum atomic E-state index is 0.646. The molecule has 0 radical (unpaired) electrons. The highest BCUT2D eigenvalue weighted by atomic mass is 15.2. The molecule has 2 rings (SSSR count). The van der Waals surface area contributed by atoms with Crippen LogP contribution in [-0.2, 0) is 13.6 Å². The van der Waals surface area contributed by atoms with Gasteiger partial charge < -0.3 is 5.32 Å². The summed E-state index contributed by atoms with van der Waals surface area (Å²) in [7, 11) is 1.96. The van der Waals surface area contributed by atoms with E-state index in [9.17, 15) is 0 Å². The maximum Gasteiger partial charge on any atom is 0.0534 e. The van der Waals surface area contributed by atoms with Crippen molar-refractivity contribution in [2.24, 2.45) is 13.0 Å². The molecule has 1 aliphatic rings. The van der Waals surface area contributed by atoms with Crippen LogP contribution < -0.4 is 5.32 Å². The number of aryl methyl sites for hydroxylation is 1. The zero-order valence-corrected chi connectivity index (χ0v) is 9.74. The second kappa shape index (κ2) is 4.79. The van der Waals surface area contributed by atoms with Gasteiger partial charge in [0.05, 0.1) is 6.20 Å². The first-order valence-corrected chi connectivity index (χ1v) is 5.96. The molecule has 1 saturated carbocycles. The SMILES string of the molecule is C[C@@H](NCc1cnn(C)c1)C1CCCC1. The predicted molar refractivity (Wildman–Crippen MR) is 61.5 cm³/mol. The van der Waals surface area contributed by atoms with E-state index in [-0.39, 0.29) is 0 Å². The summed E-state index contributed by atoms with van der Waals surface area (Å²) in [5.74, 6) is 0.890. The Morgan fingerprint density at radius 1 is 1.53 bits per heavy atom. The van der Waals surface area contributed by atoms with Gasteiger partial charge in [0.2, 0.25) is 0 Å². The molecule has 1 heterocycles. The molecular formula is C12H21N3. The second-order valence-corrected chi connectivity index (χ2v) is 4.74. The summed E-state index contributed by atoms with van der Waals surface area (Å²) >= 11 is 0. The Morgan fingerprint density at radius 2 is 2.27 bits per heavy atom. The first-order chi connectivity index (χ1) is 7.25. The third-order valence-electron chi connectivity index (χ3n) is 3.49. The normalized spacial score (nSPS) is 19.6. The maximum atomic E-state index is 4.17. The third-order valence-corrected chi connectivity index (χ3v) is 3.49. The lowest BCUT2D eigenvalue weighted by atomic mass is 10.00. The summed E-state index contributed by atoms with van der Waals surface area (Å²) in [6, 6.07) is 0.646. The molecule has 0 aliphatic heterocycles. The lowest BCUT2D eigenvalue weighted by molar-refractivity contribution is 0.380. The van der Waals surface area contributed by atoms with Crippen molar-refractivity contribution in [1.29, 1.82) is 0 Å². The number of hydrogen-bond donors (Lipinski definition) is 1. The molecule has 15 heavy (non-hydrogen) atoms. The Bertz CT molecular complexity index is 300. The Hall–Kier alpha value is -0.830. The lowest BCUT2D eigenvalue weighted by Gasteiger charge is -2.19. The summed E-state index contributed by atoms with van der Waals surface area (Å²) in [5.41, 5.74) is 1.28. The highest BCUT2D eigenvalue weighted by Crippen LogP contribution is 2.27. The van der Waals surface area contributed by atoms with Gasteiger partial charge in [0.15, 0.2) is 0 Å². The van der Waals surface area contributed by atoms with Crippen LogP contribution in [0.5, 0.6) is 0 Å². The monoisotopic (exact) mass is 207 g/mol. The average Bonchev–Trinajstić information content (AvgIpc) is 2.84. The molecule has 3 heteroatoms. The molecule has 1 atom stereocenters. The van der Waals surface area contributed by atoms with E-state index in [0.29, 0.717) is 6.04 Å². The number of aromatic nitrogens is 2. The summed E-state index contributed by atoms with van der Waals surface area (Å²) in [6.45, 7) is 3.26. The van der Waals surface area contributed by atoms with Crippen molar-refractivity contribution < 1.29 is 0 Å². The fraction of sp³-hybridized carbons (Fsp3) is 0.750. The number of hydrogen-bond acceptors (Lipinski definition) is 2. The number of nitrogens with zero attached hydrogens (tertiary/aromatic N) is 2. The highest BCUT2D eigenvalue weighted by Gasteiger charge is 2.20. The highest BCUT2D eigenvalue weighted by molar-refractivity contribution is 5.03. The van der Waals surface area contributed by atoms with Gasteiger partial charge in [0.1, 0.15) is 0 Å². The van der Waals surface area contributed by atoms with Crippen molar-refractivity contribution in [1.82, 2.24) is 15.1 Å². The quantitative estimate of drug-likeness (QED) is 0.819. The first kappa shape index (κ1) is 10.7. The minimum Gasteiger partial charge on any atom is -0.310 e. The fourth-order valence-corrected chi connectivity index (χ4v) is 2.47. The molecule has 0 amide bonds. The molecular weight excluding hydrogens is 186 g/mol. The zero-order valence-electron chi connectivity index (χ0n) is 9.74. The van der Waals surface area contributed by atoms with E-state index in [1.54, 1.807) is 0 Å². The van der Waals surface area contributed by atoms with Crippen molar-refractivity contribution in [3.8, 4) is 0 Å². The lowest BCUT2D eigenvalue weighted by Crippen LogP contribution is -2.31. The molecule has 1 aromatic heterocycles. The topological polar surface area (TPSA) is 29.9 Å². The van der Waals surface area contributed by atoms with E-state index in [1.807, 2.05) is 17.9 Å². The molecule has 0 saturated heterocycles. The van der Waals surface area contributed by atoms with Crippen LogP contribution in [0.4, 0.5) is 0 Å². The summed E-state index contributed by atoms with van der Waals surface area (Å²) in [5, 5.41) is 7.77. The molecule has 84 valence electrons. The Labute approximate surface area is 91.9 Å². The van der Waals surface area contributed by atoms with Gasteiger partial charge in [-0.05, 0) is 25.7 Å². The van der Waals surface area contributed by atoms with E-state index in [0.717, 1.165) is 12.5 Å². The molecule has 1 fully saturated rings. The Kier molecular flexibility index (Phi) is 3.41. The second-order valence-electron chi connectivity index (χ2n) is 4.74. The van der Waals surface area contributed by atoms with Gasteiger partial charge in [-0.3, -0.25) is 4.68 Å². The molecule has 0 unspecified atom stereocenters. The smallest absolute Gasteiger partial charge is 0.0534 e. The Balaban J connectivity index is 1.77. The van der Waals surface area contributed by atoms with Crippen LogP contribution in [0.3, 0.4) is 0 Å². The average molecular weight is 207 g/mol. The largest absolute Gasteiger partial charge is 0.310 e. The molecule has 0 spiro atoms. The van der Waals surface area contributed by atoms with Crippen LogP contribution in [-0.4, -0.2) is 15.8 Å². The number of rotatable bonds is 4. The van der Waals surface area contributed by atoms with Gasteiger partial charge in [-0.1, -0.05) is 12.8 Å². The van der Waals surface area contributed by atoms with Crippen LogP contribution >= 0.6 is 0 Å². The van der Waals surface area contributed by atoms with Gasteiger partial charge in [-0.15, -0.1) is 0 Å². The minimum absolute atomic E-state index is 0.646. The summed E-state index contributed by atoms with van der Waals surface area (Å²) in [4.78, 5) is 0. The van der Waals surface area contributed by atoms with Gasteiger partial charge in [-0.2, -0.15) is 5.10 Å². The fourth-order valence-electron chi connectivity index (χ4n) is 2.47. The van der Waals surface area contributed by atoms with Crippen molar-refractivity contribution >= 4 is 0 Å². The summed E-state index contributed by atoms with van der Waals surface area (Å²) < 4.78 is 1.86. The predicted octanol–water partition coefficient (Wildman–Crippen LogP) is 2.09. The van der Waals surface area contributed by atoms with Crippen LogP contribution in [0, 0.1) is 5.92 Å². The van der Waals surface area contributed by atoms with Gasteiger partial charge >= 0.3 is 0 Å². The first-order valence-electron chi connectivity index (χ1n) is 5.96. The third kappa shape index (κ3) is 2.81.